The third-order valence-corrected chi connectivity index (χ3v) is 8.90. The summed E-state index contributed by atoms with van der Waals surface area (Å²) in [5.74, 6) is 0.105. The second kappa shape index (κ2) is 12.5. The summed E-state index contributed by atoms with van der Waals surface area (Å²) in [4.78, 5) is 28.9. The number of carbonyl (C=O) groups is 2. The van der Waals surface area contributed by atoms with E-state index in [9.17, 15) is 18.0 Å². The Bertz CT molecular complexity index is 1210. The molecule has 4 rings (SSSR count). The Hall–Kier alpha value is -3.27. The fourth-order valence-electron chi connectivity index (χ4n) is 5.00. The minimum atomic E-state index is -3.82. The smallest absolute Gasteiger partial charge is 0.244 e. The normalized spacial score (nSPS) is 16.1. The van der Waals surface area contributed by atoms with Crippen LogP contribution in [0.15, 0.2) is 48.5 Å². The quantitative estimate of drug-likeness (QED) is 0.462. The van der Waals surface area contributed by atoms with E-state index >= 15 is 0 Å². The molecule has 206 valence electrons. The lowest BCUT2D eigenvalue weighted by Crippen LogP contribution is -2.54. The number of fused-ring (bicyclic) bond motifs is 1. The molecular formula is C28H37N3O6S. The summed E-state index contributed by atoms with van der Waals surface area (Å²) in [6.07, 6.45) is 5.59. The Kier molecular flexibility index (Phi) is 9.14. The number of nitrogens with zero attached hydrogens (tertiary/aromatic N) is 2. The van der Waals surface area contributed by atoms with Crippen molar-refractivity contribution in [3.63, 3.8) is 0 Å². The van der Waals surface area contributed by atoms with Gasteiger partial charge in [0.1, 0.15) is 12.6 Å². The molecule has 1 aliphatic heterocycles. The highest BCUT2D eigenvalue weighted by molar-refractivity contribution is 7.92. The van der Waals surface area contributed by atoms with E-state index in [0.717, 1.165) is 35.6 Å². The van der Waals surface area contributed by atoms with Gasteiger partial charge in [-0.15, -0.1) is 0 Å². The summed E-state index contributed by atoms with van der Waals surface area (Å²) < 4.78 is 38.2. The van der Waals surface area contributed by atoms with E-state index in [4.69, 9.17) is 9.47 Å². The fourth-order valence-corrected chi connectivity index (χ4v) is 6.06. The van der Waals surface area contributed by atoms with Gasteiger partial charge in [-0.2, -0.15) is 0 Å². The van der Waals surface area contributed by atoms with Crippen molar-refractivity contribution in [2.24, 2.45) is 0 Å². The number of anilines is 1. The number of amides is 2. The molecule has 1 unspecified atom stereocenters. The number of carbonyl (C=O) groups excluding carboxylic acids is 2. The van der Waals surface area contributed by atoms with Crippen LogP contribution in [-0.2, 0) is 26.2 Å². The molecule has 2 aliphatic rings. The summed E-state index contributed by atoms with van der Waals surface area (Å²) in [6, 6.07) is 13.6. The molecule has 2 aromatic carbocycles. The molecule has 0 radical (unpaired) electrons. The summed E-state index contributed by atoms with van der Waals surface area (Å²) in [5.41, 5.74) is 1.17. The lowest BCUT2D eigenvalue weighted by molar-refractivity contribution is -0.140. The maximum absolute atomic E-state index is 13.9. The van der Waals surface area contributed by atoms with Crippen LogP contribution < -0.4 is 19.1 Å². The van der Waals surface area contributed by atoms with E-state index in [1.165, 1.54) is 18.2 Å². The van der Waals surface area contributed by atoms with Gasteiger partial charge in [0, 0.05) is 18.7 Å². The maximum Gasteiger partial charge on any atom is 0.244 e. The van der Waals surface area contributed by atoms with Crippen molar-refractivity contribution < 1.29 is 27.5 Å². The van der Waals surface area contributed by atoms with Gasteiger partial charge in [0.05, 0.1) is 11.4 Å². The van der Waals surface area contributed by atoms with E-state index in [2.05, 4.69) is 5.32 Å². The first-order chi connectivity index (χ1) is 18.3. The summed E-state index contributed by atoms with van der Waals surface area (Å²) in [5, 5.41) is 3.15. The van der Waals surface area contributed by atoms with Gasteiger partial charge in [-0.25, -0.2) is 8.42 Å². The Morgan fingerprint density at radius 1 is 1.00 bits per heavy atom. The molecule has 1 atom stereocenters. The molecule has 2 amide bonds. The largest absolute Gasteiger partial charge is 0.454 e. The van der Waals surface area contributed by atoms with Gasteiger partial charge >= 0.3 is 0 Å². The van der Waals surface area contributed by atoms with E-state index in [1.807, 2.05) is 37.3 Å². The van der Waals surface area contributed by atoms with Crippen LogP contribution in [0.4, 0.5) is 5.69 Å². The Labute approximate surface area is 225 Å². The topological polar surface area (TPSA) is 105 Å². The standard InChI is InChI=1S/C28H37N3O6S/c1-3-24(28(33)29-22-13-9-6-10-14-22)30(18-21-11-7-5-8-12-21)27(32)19-31(38(34,35)4-2)23-15-16-25-26(17-23)37-20-36-25/h5,7-8,11-12,15-17,22,24H,3-4,6,9-10,13-14,18-20H2,1-2H3,(H,29,33). The van der Waals surface area contributed by atoms with Gasteiger partial charge in [0.25, 0.3) is 0 Å². The zero-order chi connectivity index (χ0) is 27.1. The number of benzene rings is 2. The second-order valence-corrected chi connectivity index (χ2v) is 11.9. The van der Waals surface area contributed by atoms with Gasteiger partial charge in [-0.05, 0) is 43.9 Å². The van der Waals surface area contributed by atoms with Gasteiger partial charge in [0.2, 0.25) is 28.6 Å². The third kappa shape index (κ3) is 6.59. The highest BCUT2D eigenvalue weighted by Gasteiger charge is 2.33. The monoisotopic (exact) mass is 543 g/mol. The SMILES string of the molecule is CCC(C(=O)NC1CCCCC1)N(Cc1ccccc1)C(=O)CN(c1ccc2c(c1)OCO2)S(=O)(=O)CC. The van der Waals surface area contributed by atoms with Crippen molar-refractivity contribution in [1.82, 2.24) is 10.2 Å². The molecule has 10 heteroatoms. The van der Waals surface area contributed by atoms with Crippen LogP contribution in [0.3, 0.4) is 0 Å². The van der Waals surface area contributed by atoms with Crippen molar-refractivity contribution >= 4 is 27.5 Å². The highest BCUT2D eigenvalue weighted by atomic mass is 32.2. The molecule has 38 heavy (non-hydrogen) atoms. The van der Waals surface area contributed by atoms with Crippen LogP contribution in [0.25, 0.3) is 0 Å². The summed E-state index contributed by atoms with van der Waals surface area (Å²) in [7, 11) is -3.82. The predicted molar refractivity (Wildman–Crippen MR) is 145 cm³/mol. The van der Waals surface area contributed by atoms with Crippen molar-refractivity contribution in [1.29, 1.82) is 0 Å². The number of hydrogen-bond donors (Lipinski definition) is 1. The zero-order valence-corrected chi connectivity index (χ0v) is 22.9. The van der Waals surface area contributed by atoms with Gasteiger partial charge in [-0.3, -0.25) is 13.9 Å². The summed E-state index contributed by atoms with van der Waals surface area (Å²) >= 11 is 0. The molecule has 9 nitrogen and oxygen atoms in total. The average Bonchev–Trinajstić information content (AvgIpc) is 3.40. The number of sulfonamides is 1. The summed E-state index contributed by atoms with van der Waals surface area (Å²) in [6.45, 7) is 3.22. The maximum atomic E-state index is 13.9. The molecule has 1 saturated carbocycles. The molecule has 0 aromatic heterocycles. The van der Waals surface area contributed by atoms with Gasteiger partial charge in [0.15, 0.2) is 11.5 Å². The molecule has 0 spiro atoms. The van der Waals surface area contributed by atoms with Gasteiger partial charge < -0.3 is 19.7 Å². The molecule has 1 N–H and O–H groups in total. The first kappa shape index (κ1) is 27.8. The van der Waals surface area contributed by atoms with Crippen molar-refractivity contribution in [3.8, 4) is 11.5 Å². The highest BCUT2D eigenvalue weighted by Crippen LogP contribution is 2.36. The van der Waals surface area contributed by atoms with E-state index < -0.39 is 28.5 Å². The minimum absolute atomic E-state index is 0.0530. The van der Waals surface area contributed by atoms with E-state index in [0.29, 0.717) is 23.6 Å². The first-order valence-corrected chi connectivity index (χ1v) is 15.0. The van der Waals surface area contributed by atoms with Crippen LogP contribution in [0, 0.1) is 0 Å². The third-order valence-electron chi connectivity index (χ3n) is 7.16. The average molecular weight is 544 g/mol. The van der Waals surface area contributed by atoms with Gasteiger partial charge in [-0.1, -0.05) is 56.5 Å². The number of rotatable bonds is 11. The second-order valence-electron chi connectivity index (χ2n) is 9.72. The minimum Gasteiger partial charge on any atom is -0.454 e. The van der Waals surface area contributed by atoms with Crippen molar-refractivity contribution in [2.45, 2.75) is 71.0 Å². The first-order valence-electron chi connectivity index (χ1n) is 13.4. The molecule has 0 bridgehead atoms. The molecular weight excluding hydrogens is 506 g/mol. The lowest BCUT2D eigenvalue weighted by atomic mass is 9.95. The van der Waals surface area contributed by atoms with E-state index in [-0.39, 0.29) is 31.0 Å². The Balaban J connectivity index is 1.62. The molecule has 2 aromatic rings. The van der Waals surface area contributed by atoms with Crippen molar-refractivity contribution in [2.75, 3.05) is 23.4 Å². The Morgan fingerprint density at radius 2 is 1.71 bits per heavy atom. The number of hydrogen-bond acceptors (Lipinski definition) is 6. The van der Waals surface area contributed by atoms with Crippen LogP contribution >= 0.6 is 0 Å². The van der Waals surface area contributed by atoms with Crippen LogP contribution in [0.5, 0.6) is 11.5 Å². The fraction of sp³-hybridized carbons (Fsp3) is 0.500. The Morgan fingerprint density at radius 3 is 2.39 bits per heavy atom. The predicted octanol–water partition coefficient (Wildman–Crippen LogP) is 3.83. The zero-order valence-electron chi connectivity index (χ0n) is 22.1. The van der Waals surface area contributed by atoms with Crippen molar-refractivity contribution in [3.05, 3.63) is 54.1 Å². The number of ether oxygens (including phenoxy) is 2. The van der Waals surface area contributed by atoms with Crippen LogP contribution in [0.1, 0.15) is 57.9 Å². The molecule has 0 saturated heterocycles. The van der Waals surface area contributed by atoms with E-state index in [1.54, 1.807) is 18.2 Å². The molecule has 1 heterocycles. The van der Waals surface area contributed by atoms with Crippen LogP contribution in [-0.4, -0.2) is 56.3 Å². The number of nitrogens with one attached hydrogen (secondary N) is 1. The van der Waals surface area contributed by atoms with Crippen LogP contribution in [0.2, 0.25) is 0 Å². The molecule has 1 aliphatic carbocycles. The lowest BCUT2D eigenvalue weighted by Gasteiger charge is -2.34. The molecule has 1 fully saturated rings.